The Balaban J connectivity index is 2.68. The van der Waals surface area contributed by atoms with Crippen LogP contribution in [-0.4, -0.2) is 19.7 Å². The molecule has 0 spiro atoms. The Kier molecular flexibility index (Phi) is 3.24. The quantitative estimate of drug-likeness (QED) is 0.525. The number of hydrogen-bond acceptors (Lipinski definition) is 4. The van der Waals surface area contributed by atoms with E-state index in [0.717, 1.165) is 5.56 Å². The zero-order valence-electron chi connectivity index (χ0n) is 10.0. The first-order chi connectivity index (χ1) is 8.56. The third kappa shape index (κ3) is 1.92. The number of aromatic amines is 1. The number of hydrogen-bond donors (Lipinski definition) is 1. The molecule has 0 saturated carbocycles. The highest BCUT2D eigenvalue weighted by molar-refractivity contribution is 7.71. The van der Waals surface area contributed by atoms with Crippen molar-refractivity contribution < 1.29 is 4.92 Å². The van der Waals surface area contributed by atoms with Crippen molar-refractivity contribution in [1.82, 2.24) is 14.8 Å². The molecule has 1 aromatic carbocycles. The van der Waals surface area contributed by atoms with Gasteiger partial charge in [-0.2, -0.15) is 5.10 Å². The highest BCUT2D eigenvalue weighted by Gasteiger charge is 2.17. The zero-order valence-corrected chi connectivity index (χ0v) is 10.8. The Morgan fingerprint density at radius 3 is 2.89 bits per heavy atom. The molecule has 7 heteroatoms. The molecular weight excluding hydrogens is 252 g/mol. The van der Waals surface area contributed by atoms with Crippen LogP contribution in [-0.2, 0) is 6.54 Å². The highest BCUT2D eigenvalue weighted by Crippen LogP contribution is 2.28. The summed E-state index contributed by atoms with van der Waals surface area (Å²) in [5.41, 5.74) is 1.40. The summed E-state index contributed by atoms with van der Waals surface area (Å²) in [6.07, 6.45) is 0. The van der Waals surface area contributed by atoms with Crippen LogP contribution >= 0.6 is 12.2 Å². The summed E-state index contributed by atoms with van der Waals surface area (Å²) in [6.45, 7) is 4.32. The molecule has 1 N–H and O–H groups in total. The van der Waals surface area contributed by atoms with Gasteiger partial charge in [0.15, 0.2) is 10.6 Å². The maximum absolute atomic E-state index is 10.9. The Hall–Kier alpha value is -2.02. The minimum absolute atomic E-state index is 0.0871. The van der Waals surface area contributed by atoms with Gasteiger partial charge in [0.05, 0.1) is 4.92 Å². The van der Waals surface area contributed by atoms with Crippen molar-refractivity contribution in [2.45, 2.75) is 20.4 Å². The van der Waals surface area contributed by atoms with Gasteiger partial charge < -0.3 is 4.57 Å². The van der Waals surface area contributed by atoms with E-state index < -0.39 is 4.92 Å². The molecule has 0 unspecified atom stereocenters. The van der Waals surface area contributed by atoms with Crippen molar-refractivity contribution >= 4 is 17.9 Å². The third-order valence-corrected chi connectivity index (χ3v) is 3.13. The normalized spacial score (nSPS) is 10.6. The lowest BCUT2D eigenvalue weighted by molar-refractivity contribution is -0.385. The summed E-state index contributed by atoms with van der Waals surface area (Å²) < 4.78 is 2.32. The van der Waals surface area contributed by atoms with Crippen LogP contribution in [0.2, 0.25) is 0 Å². The average molecular weight is 264 g/mol. The summed E-state index contributed by atoms with van der Waals surface area (Å²) >= 11 is 5.11. The van der Waals surface area contributed by atoms with Gasteiger partial charge in [0, 0.05) is 23.7 Å². The van der Waals surface area contributed by atoms with Crippen LogP contribution in [0, 0.1) is 21.8 Å². The number of nitro groups is 1. The summed E-state index contributed by atoms with van der Waals surface area (Å²) in [5.74, 6) is 0.628. The summed E-state index contributed by atoms with van der Waals surface area (Å²) in [6, 6.07) is 4.94. The van der Waals surface area contributed by atoms with E-state index >= 15 is 0 Å². The predicted molar refractivity (Wildman–Crippen MR) is 69.9 cm³/mol. The fourth-order valence-corrected chi connectivity index (χ4v) is 2.14. The Morgan fingerprint density at radius 1 is 1.56 bits per heavy atom. The second-order valence-corrected chi connectivity index (χ2v) is 4.19. The molecule has 2 rings (SSSR count). The monoisotopic (exact) mass is 264 g/mol. The highest BCUT2D eigenvalue weighted by atomic mass is 32.1. The van der Waals surface area contributed by atoms with Crippen LogP contribution < -0.4 is 0 Å². The molecule has 18 heavy (non-hydrogen) atoms. The van der Waals surface area contributed by atoms with Crippen LogP contribution in [0.5, 0.6) is 0 Å². The maximum Gasteiger partial charge on any atom is 0.273 e. The van der Waals surface area contributed by atoms with Crippen LogP contribution in [0.15, 0.2) is 18.2 Å². The number of rotatable bonds is 3. The van der Waals surface area contributed by atoms with Crippen LogP contribution in [0.25, 0.3) is 11.4 Å². The lowest BCUT2D eigenvalue weighted by Crippen LogP contribution is -2.00. The standard InChI is InChI=1S/C11H12N4O2S/c1-3-14-10(12-13-11(14)18)8-5-4-6-9(7(8)2)15(16)17/h4-6H,3H2,1-2H3,(H,13,18). The van der Waals surface area contributed by atoms with Gasteiger partial charge in [0.1, 0.15) is 0 Å². The summed E-state index contributed by atoms with van der Waals surface area (Å²) in [7, 11) is 0. The van der Waals surface area contributed by atoms with Crippen molar-refractivity contribution in [2.24, 2.45) is 0 Å². The van der Waals surface area contributed by atoms with Crippen molar-refractivity contribution in [1.29, 1.82) is 0 Å². The number of nitro benzene ring substituents is 1. The molecule has 0 amide bonds. The van der Waals surface area contributed by atoms with Gasteiger partial charge in [-0.05, 0) is 26.1 Å². The van der Waals surface area contributed by atoms with Gasteiger partial charge in [0.2, 0.25) is 0 Å². The molecule has 6 nitrogen and oxygen atoms in total. The minimum Gasteiger partial charge on any atom is -0.300 e. The Morgan fingerprint density at radius 2 is 2.28 bits per heavy atom. The van der Waals surface area contributed by atoms with Gasteiger partial charge in [-0.1, -0.05) is 12.1 Å². The molecular formula is C11H12N4O2S. The van der Waals surface area contributed by atoms with Crippen molar-refractivity contribution in [3.05, 3.63) is 38.6 Å². The smallest absolute Gasteiger partial charge is 0.273 e. The van der Waals surface area contributed by atoms with Crippen LogP contribution in [0.3, 0.4) is 0 Å². The molecule has 0 aliphatic heterocycles. The second kappa shape index (κ2) is 4.69. The summed E-state index contributed by atoms with van der Waals surface area (Å²) in [4.78, 5) is 10.5. The van der Waals surface area contributed by atoms with E-state index in [1.807, 2.05) is 6.92 Å². The first-order valence-electron chi connectivity index (χ1n) is 5.45. The number of benzene rings is 1. The molecule has 0 aliphatic rings. The van der Waals surface area contributed by atoms with E-state index in [2.05, 4.69) is 10.2 Å². The average Bonchev–Trinajstić information content (AvgIpc) is 2.70. The van der Waals surface area contributed by atoms with E-state index in [-0.39, 0.29) is 5.69 Å². The van der Waals surface area contributed by atoms with E-state index in [0.29, 0.717) is 22.7 Å². The van der Waals surface area contributed by atoms with E-state index in [9.17, 15) is 10.1 Å². The predicted octanol–water partition coefficient (Wildman–Crippen LogP) is 2.84. The fraction of sp³-hybridized carbons (Fsp3) is 0.273. The summed E-state index contributed by atoms with van der Waals surface area (Å²) in [5, 5.41) is 17.8. The lowest BCUT2D eigenvalue weighted by atomic mass is 10.1. The Labute approximate surface area is 108 Å². The largest absolute Gasteiger partial charge is 0.300 e. The topological polar surface area (TPSA) is 76.8 Å². The first kappa shape index (κ1) is 12.4. The molecule has 2 aromatic rings. The molecule has 0 radical (unpaired) electrons. The van der Waals surface area contributed by atoms with Gasteiger partial charge in [-0.25, -0.2) is 0 Å². The van der Waals surface area contributed by atoms with Crippen molar-refractivity contribution in [3.63, 3.8) is 0 Å². The van der Waals surface area contributed by atoms with E-state index in [1.54, 1.807) is 23.6 Å². The molecule has 0 fully saturated rings. The first-order valence-corrected chi connectivity index (χ1v) is 5.86. The number of nitrogens with one attached hydrogen (secondary N) is 1. The number of H-pyrrole nitrogens is 1. The lowest BCUT2D eigenvalue weighted by Gasteiger charge is -2.06. The van der Waals surface area contributed by atoms with Crippen LogP contribution in [0.4, 0.5) is 5.69 Å². The van der Waals surface area contributed by atoms with E-state index in [1.165, 1.54) is 6.07 Å². The van der Waals surface area contributed by atoms with Gasteiger partial charge in [-0.15, -0.1) is 0 Å². The van der Waals surface area contributed by atoms with Gasteiger partial charge in [0.25, 0.3) is 5.69 Å². The van der Waals surface area contributed by atoms with Crippen LogP contribution in [0.1, 0.15) is 12.5 Å². The SMILES string of the molecule is CCn1c(-c2cccc([N+](=O)[O-])c2C)n[nH]c1=S. The molecule has 0 saturated heterocycles. The molecule has 0 atom stereocenters. The van der Waals surface area contributed by atoms with Gasteiger partial charge >= 0.3 is 0 Å². The number of nitrogens with zero attached hydrogens (tertiary/aromatic N) is 3. The molecule has 94 valence electrons. The molecule has 0 bridgehead atoms. The fourth-order valence-electron chi connectivity index (χ4n) is 1.88. The number of aromatic nitrogens is 3. The third-order valence-electron chi connectivity index (χ3n) is 2.82. The Bertz CT molecular complexity index is 659. The minimum atomic E-state index is -0.392. The second-order valence-electron chi connectivity index (χ2n) is 3.80. The maximum atomic E-state index is 10.9. The zero-order chi connectivity index (χ0) is 13.3. The van der Waals surface area contributed by atoms with E-state index in [4.69, 9.17) is 12.2 Å². The molecule has 0 aliphatic carbocycles. The molecule has 1 heterocycles. The van der Waals surface area contributed by atoms with Crippen molar-refractivity contribution in [3.8, 4) is 11.4 Å². The molecule has 1 aromatic heterocycles. The van der Waals surface area contributed by atoms with Gasteiger partial charge in [-0.3, -0.25) is 15.2 Å². The van der Waals surface area contributed by atoms with Crippen molar-refractivity contribution in [2.75, 3.05) is 0 Å².